The lowest BCUT2D eigenvalue weighted by atomic mass is 9.94. The van der Waals surface area contributed by atoms with Gasteiger partial charge in [0.05, 0.1) is 18.8 Å². The number of benzene rings is 1. The summed E-state index contributed by atoms with van der Waals surface area (Å²) in [6.07, 6.45) is 3.23. The van der Waals surface area contributed by atoms with Gasteiger partial charge in [0.1, 0.15) is 11.5 Å². The van der Waals surface area contributed by atoms with Crippen LogP contribution in [0.4, 0.5) is 4.39 Å². The molecular formula is C21H21FN2O4. The van der Waals surface area contributed by atoms with E-state index in [-0.39, 0.29) is 30.3 Å². The number of hydrogen-bond acceptors (Lipinski definition) is 6. The first-order chi connectivity index (χ1) is 13.5. The zero-order valence-electron chi connectivity index (χ0n) is 15.8. The molecule has 6 nitrogen and oxygen atoms in total. The van der Waals surface area contributed by atoms with Crippen molar-refractivity contribution in [3.05, 3.63) is 70.9 Å². The molecule has 0 spiro atoms. The first kappa shape index (κ1) is 19.5. The van der Waals surface area contributed by atoms with Crippen molar-refractivity contribution in [3.8, 4) is 0 Å². The fraction of sp³-hybridized carbons (Fsp3) is 0.286. The van der Waals surface area contributed by atoms with E-state index in [1.165, 1.54) is 12.1 Å². The number of rotatable bonds is 6. The summed E-state index contributed by atoms with van der Waals surface area (Å²) in [6, 6.07) is 7.68. The third-order valence-electron chi connectivity index (χ3n) is 4.32. The number of carbonyl (C=O) groups is 2. The summed E-state index contributed by atoms with van der Waals surface area (Å²) < 4.78 is 23.7. The molecule has 28 heavy (non-hydrogen) atoms. The molecule has 1 aliphatic rings. The van der Waals surface area contributed by atoms with Crippen molar-refractivity contribution in [2.75, 3.05) is 13.2 Å². The molecule has 146 valence electrons. The second kappa shape index (κ2) is 8.65. The van der Waals surface area contributed by atoms with Crippen LogP contribution in [-0.2, 0) is 32.2 Å². The lowest BCUT2D eigenvalue weighted by molar-refractivity contribution is -0.142. The molecule has 0 unspecified atom stereocenters. The zero-order valence-corrected chi connectivity index (χ0v) is 15.8. The Morgan fingerprint density at radius 1 is 1.07 bits per heavy atom. The van der Waals surface area contributed by atoms with Crippen molar-refractivity contribution in [1.82, 2.24) is 9.88 Å². The molecule has 0 bridgehead atoms. The number of aromatic nitrogens is 1. The van der Waals surface area contributed by atoms with E-state index >= 15 is 0 Å². The molecule has 0 saturated carbocycles. The van der Waals surface area contributed by atoms with Gasteiger partial charge in [0, 0.05) is 25.5 Å². The molecule has 0 radical (unpaired) electrons. The number of carbonyl (C=O) groups excluding carboxylic acids is 2. The van der Waals surface area contributed by atoms with Crippen LogP contribution in [0.15, 0.2) is 48.4 Å². The van der Waals surface area contributed by atoms with Gasteiger partial charge in [0.15, 0.2) is 0 Å². The maximum absolute atomic E-state index is 13.3. The highest BCUT2D eigenvalue weighted by Crippen LogP contribution is 2.34. The molecule has 2 heterocycles. The summed E-state index contributed by atoms with van der Waals surface area (Å²) in [7, 11) is 0. The van der Waals surface area contributed by atoms with Crippen LogP contribution in [0, 0.1) is 5.82 Å². The smallest absolute Gasteiger partial charge is 0.355 e. The summed E-state index contributed by atoms with van der Waals surface area (Å²) in [5.41, 5.74) is 2.49. The molecule has 0 atom stereocenters. The van der Waals surface area contributed by atoms with E-state index < -0.39 is 11.9 Å². The van der Waals surface area contributed by atoms with Gasteiger partial charge in [-0.25, -0.2) is 14.0 Å². The molecule has 0 N–H and O–H groups in total. The minimum Gasteiger partial charge on any atom is -0.462 e. The highest BCUT2D eigenvalue weighted by atomic mass is 19.1. The van der Waals surface area contributed by atoms with Crippen LogP contribution in [0.25, 0.3) is 5.57 Å². The van der Waals surface area contributed by atoms with Gasteiger partial charge in [-0.2, -0.15) is 0 Å². The molecule has 0 saturated heterocycles. The Morgan fingerprint density at radius 2 is 1.75 bits per heavy atom. The molecule has 0 fully saturated rings. The lowest BCUT2D eigenvalue weighted by Gasteiger charge is -2.33. The normalized spacial score (nSPS) is 13.2. The van der Waals surface area contributed by atoms with Crippen LogP contribution in [0.2, 0.25) is 0 Å². The van der Waals surface area contributed by atoms with Crippen LogP contribution in [-0.4, -0.2) is 35.0 Å². The summed E-state index contributed by atoms with van der Waals surface area (Å²) in [5, 5.41) is 0. The largest absolute Gasteiger partial charge is 0.462 e. The Hall–Kier alpha value is -3.22. The number of halogens is 1. The van der Waals surface area contributed by atoms with Crippen LogP contribution in [0.1, 0.15) is 30.5 Å². The third kappa shape index (κ3) is 4.03. The van der Waals surface area contributed by atoms with Gasteiger partial charge in [-0.3, -0.25) is 4.98 Å². The van der Waals surface area contributed by atoms with Gasteiger partial charge in [-0.1, -0.05) is 12.1 Å². The zero-order chi connectivity index (χ0) is 20.1. The Kier molecular flexibility index (Phi) is 6.03. The van der Waals surface area contributed by atoms with E-state index in [9.17, 15) is 14.0 Å². The van der Waals surface area contributed by atoms with Crippen LogP contribution >= 0.6 is 0 Å². The average molecular weight is 384 g/mol. The Bertz CT molecular complexity index is 909. The maximum atomic E-state index is 13.3. The molecule has 0 amide bonds. The van der Waals surface area contributed by atoms with Gasteiger partial charge < -0.3 is 14.4 Å². The van der Waals surface area contributed by atoms with Crippen molar-refractivity contribution in [1.29, 1.82) is 0 Å². The molecule has 3 rings (SSSR count). The maximum Gasteiger partial charge on any atom is 0.355 e. The summed E-state index contributed by atoms with van der Waals surface area (Å²) in [4.78, 5) is 31.4. The fourth-order valence-electron chi connectivity index (χ4n) is 3.15. The minimum absolute atomic E-state index is 0.142. The van der Waals surface area contributed by atoms with Crippen molar-refractivity contribution in [3.63, 3.8) is 0 Å². The van der Waals surface area contributed by atoms with Crippen LogP contribution in [0.5, 0.6) is 0 Å². The standard InChI is InChI=1S/C21H21FN2O4/c1-3-27-20(25)18-17-9-10-23-11-15(17)13-24(19(18)21(26)28-4-2)12-14-5-7-16(22)8-6-14/h5-11H,3-4,12-13H2,1-2H3. The predicted molar refractivity (Wildman–Crippen MR) is 100 cm³/mol. The molecule has 2 aromatic rings. The van der Waals surface area contributed by atoms with Gasteiger partial charge in [0.25, 0.3) is 0 Å². The van der Waals surface area contributed by atoms with Crippen LogP contribution < -0.4 is 0 Å². The van der Waals surface area contributed by atoms with Gasteiger partial charge >= 0.3 is 11.9 Å². The summed E-state index contributed by atoms with van der Waals surface area (Å²) in [6.45, 7) is 4.41. The quantitative estimate of drug-likeness (QED) is 0.713. The predicted octanol–water partition coefficient (Wildman–Crippen LogP) is 3.07. The Labute approximate surface area is 162 Å². The topological polar surface area (TPSA) is 68.7 Å². The van der Waals surface area contributed by atoms with E-state index in [1.807, 2.05) is 0 Å². The number of ether oxygens (including phenoxy) is 2. The van der Waals surface area contributed by atoms with Crippen molar-refractivity contribution < 1.29 is 23.5 Å². The second-order valence-corrected chi connectivity index (χ2v) is 6.18. The van der Waals surface area contributed by atoms with Crippen molar-refractivity contribution in [2.45, 2.75) is 26.9 Å². The first-order valence-corrected chi connectivity index (χ1v) is 9.06. The van der Waals surface area contributed by atoms with E-state index in [1.54, 1.807) is 49.3 Å². The van der Waals surface area contributed by atoms with Crippen molar-refractivity contribution >= 4 is 17.5 Å². The Morgan fingerprint density at radius 3 is 2.43 bits per heavy atom. The monoisotopic (exact) mass is 384 g/mol. The number of fused-ring (bicyclic) bond motifs is 1. The van der Waals surface area contributed by atoms with E-state index in [0.717, 1.165) is 11.1 Å². The van der Waals surface area contributed by atoms with Crippen molar-refractivity contribution in [2.24, 2.45) is 0 Å². The number of hydrogen-bond donors (Lipinski definition) is 0. The minimum atomic E-state index is -0.602. The highest BCUT2D eigenvalue weighted by Gasteiger charge is 2.34. The molecule has 1 aromatic heterocycles. The molecule has 0 aliphatic carbocycles. The van der Waals surface area contributed by atoms with E-state index in [0.29, 0.717) is 18.7 Å². The number of esters is 2. The molecular weight excluding hydrogens is 363 g/mol. The van der Waals surface area contributed by atoms with Gasteiger partial charge in [-0.05, 0) is 48.7 Å². The average Bonchev–Trinajstić information content (AvgIpc) is 2.69. The highest BCUT2D eigenvalue weighted by molar-refractivity contribution is 6.23. The number of nitrogens with zero attached hydrogens (tertiary/aromatic N) is 2. The SMILES string of the molecule is CCOC(=O)C1=C(C(=O)OCC)N(Cc2ccc(F)cc2)Cc2cnccc21. The molecule has 1 aromatic carbocycles. The second-order valence-electron chi connectivity index (χ2n) is 6.18. The summed E-state index contributed by atoms with van der Waals surface area (Å²) in [5.74, 6) is -1.54. The lowest BCUT2D eigenvalue weighted by Crippen LogP contribution is -2.34. The van der Waals surface area contributed by atoms with Gasteiger partial charge in [-0.15, -0.1) is 0 Å². The summed E-state index contributed by atoms with van der Waals surface area (Å²) >= 11 is 0. The number of pyridine rings is 1. The Balaban J connectivity index is 2.12. The first-order valence-electron chi connectivity index (χ1n) is 9.06. The third-order valence-corrected chi connectivity index (χ3v) is 4.32. The van der Waals surface area contributed by atoms with E-state index in [2.05, 4.69) is 4.98 Å². The fourth-order valence-corrected chi connectivity index (χ4v) is 3.15. The molecule has 1 aliphatic heterocycles. The van der Waals surface area contributed by atoms with Gasteiger partial charge in [0.2, 0.25) is 0 Å². The molecule has 7 heteroatoms. The van der Waals surface area contributed by atoms with E-state index in [4.69, 9.17) is 9.47 Å². The van der Waals surface area contributed by atoms with Crippen LogP contribution in [0.3, 0.4) is 0 Å².